The third-order valence-corrected chi connectivity index (χ3v) is 3.73. The van der Waals surface area contributed by atoms with E-state index in [0.717, 1.165) is 37.3 Å². The Labute approximate surface area is 108 Å². The lowest BCUT2D eigenvalue weighted by Gasteiger charge is -2.34. The van der Waals surface area contributed by atoms with Gasteiger partial charge >= 0.3 is 0 Å². The van der Waals surface area contributed by atoms with Gasteiger partial charge in [-0.2, -0.15) is 5.26 Å². The van der Waals surface area contributed by atoms with Gasteiger partial charge in [0.05, 0.1) is 6.10 Å². The zero-order valence-electron chi connectivity index (χ0n) is 10.9. The van der Waals surface area contributed by atoms with Gasteiger partial charge in [0.25, 0.3) is 0 Å². The first-order chi connectivity index (χ1) is 8.61. The number of pyridine rings is 1. The number of anilines is 1. The fourth-order valence-corrected chi connectivity index (χ4v) is 2.42. The summed E-state index contributed by atoms with van der Waals surface area (Å²) < 4.78 is 0. The molecule has 0 aliphatic carbocycles. The van der Waals surface area contributed by atoms with E-state index < -0.39 is 0 Å². The molecule has 1 unspecified atom stereocenters. The molecule has 1 aliphatic heterocycles. The Kier molecular flexibility index (Phi) is 3.83. The molecule has 1 aliphatic rings. The monoisotopic (exact) mass is 245 g/mol. The molecule has 0 saturated carbocycles. The molecule has 0 aromatic carbocycles. The van der Waals surface area contributed by atoms with E-state index in [1.54, 1.807) is 0 Å². The van der Waals surface area contributed by atoms with Gasteiger partial charge in [0.15, 0.2) is 0 Å². The maximum absolute atomic E-state index is 9.58. The first kappa shape index (κ1) is 12.8. The van der Waals surface area contributed by atoms with Crippen LogP contribution < -0.4 is 4.90 Å². The Balaban J connectivity index is 2.08. The van der Waals surface area contributed by atoms with Crippen molar-refractivity contribution in [1.82, 2.24) is 4.98 Å². The Morgan fingerprint density at radius 3 is 2.67 bits per heavy atom. The molecule has 1 atom stereocenters. The Bertz CT molecular complexity index is 457. The molecule has 2 rings (SSSR count). The van der Waals surface area contributed by atoms with Crippen LogP contribution in [0.5, 0.6) is 0 Å². The minimum absolute atomic E-state index is 0.229. The molecule has 2 heterocycles. The van der Waals surface area contributed by atoms with Crippen molar-refractivity contribution >= 4 is 5.82 Å². The van der Waals surface area contributed by atoms with Crippen LogP contribution in [-0.2, 0) is 0 Å². The number of aromatic nitrogens is 1. The summed E-state index contributed by atoms with van der Waals surface area (Å²) in [5.41, 5.74) is 1.42. The molecule has 4 nitrogen and oxygen atoms in total. The zero-order valence-corrected chi connectivity index (χ0v) is 10.9. The summed E-state index contributed by atoms with van der Waals surface area (Å²) in [7, 11) is 0. The number of aliphatic hydroxyl groups excluding tert-OH is 1. The fraction of sp³-hybridized carbons (Fsp3) is 0.571. The average molecular weight is 245 g/mol. The highest BCUT2D eigenvalue weighted by molar-refractivity contribution is 5.45. The van der Waals surface area contributed by atoms with Gasteiger partial charge in [-0.05, 0) is 44.2 Å². The van der Waals surface area contributed by atoms with Gasteiger partial charge in [-0.25, -0.2) is 4.98 Å². The van der Waals surface area contributed by atoms with Gasteiger partial charge in [0.2, 0.25) is 0 Å². The number of piperidine rings is 1. The summed E-state index contributed by atoms with van der Waals surface area (Å²) in [5.74, 6) is 1.27. The molecule has 1 aromatic rings. The maximum atomic E-state index is 9.58. The molecular weight excluding hydrogens is 226 g/mol. The molecule has 4 heteroatoms. The molecule has 0 bridgehead atoms. The van der Waals surface area contributed by atoms with Crippen LogP contribution in [0.15, 0.2) is 12.1 Å². The number of nitrogens with zero attached hydrogens (tertiary/aromatic N) is 3. The van der Waals surface area contributed by atoms with Crippen molar-refractivity contribution in [3.8, 4) is 6.07 Å². The van der Waals surface area contributed by atoms with Gasteiger partial charge in [0, 0.05) is 13.1 Å². The third-order valence-electron chi connectivity index (χ3n) is 3.73. The van der Waals surface area contributed by atoms with Gasteiger partial charge in [-0.1, -0.05) is 6.07 Å². The van der Waals surface area contributed by atoms with E-state index in [-0.39, 0.29) is 6.10 Å². The quantitative estimate of drug-likeness (QED) is 0.864. The highest BCUT2D eigenvalue weighted by Gasteiger charge is 2.23. The van der Waals surface area contributed by atoms with E-state index >= 15 is 0 Å². The van der Waals surface area contributed by atoms with Crippen LogP contribution in [0.3, 0.4) is 0 Å². The normalized spacial score (nSPS) is 18.4. The highest BCUT2D eigenvalue weighted by Crippen LogP contribution is 2.24. The van der Waals surface area contributed by atoms with Gasteiger partial charge in [-0.3, -0.25) is 0 Å². The van der Waals surface area contributed by atoms with Crippen LogP contribution in [0.4, 0.5) is 5.82 Å². The summed E-state index contributed by atoms with van der Waals surface area (Å²) in [6.07, 6.45) is 1.73. The molecule has 0 radical (unpaired) electrons. The van der Waals surface area contributed by atoms with Crippen molar-refractivity contribution in [3.05, 3.63) is 23.4 Å². The van der Waals surface area contributed by atoms with E-state index in [1.165, 1.54) is 0 Å². The molecule has 18 heavy (non-hydrogen) atoms. The number of aryl methyl sites for hydroxylation is 1. The lowest BCUT2D eigenvalue weighted by Crippen LogP contribution is -2.37. The van der Waals surface area contributed by atoms with E-state index in [0.29, 0.717) is 11.6 Å². The largest absolute Gasteiger partial charge is 0.393 e. The van der Waals surface area contributed by atoms with E-state index in [4.69, 9.17) is 5.26 Å². The Hall–Kier alpha value is -1.60. The summed E-state index contributed by atoms with van der Waals surface area (Å²) in [6, 6.07) is 6.04. The molecular formula is C14H19N3O. The molecule has 0 amide bonds. The van der Waals surface area contributed by atoms with Crippen molar-refractivity contribution in [2.24, 2.45) is 5.92 Å². The lowest BCUT2D eigenvalue weighted by atomic mass is 9.92. The number of aliphatic hydroxyl groups is 1. The summed E-state index contributed by atoms with van der Waals surface area (Å²) in [5, 5.41) is 18.6. The second kappa shape index (κ2) is 5.36. The predicted octanol–water partition coefficient (Wildman–Crippen LogP) is 1.86. The molecule has 96 valence electrons. The standard InChI is InChI=1S/C14H19N3O/c1-10-3-4-14(16-13(10)9-15)17-7-5-12(6-8-17)11(2)18/h3-4,11-12,18H,5-8H2,1-2H3. The second-order valence-electron chi connectivity index (χ2n) is 5.01. The Morgan fingerprint density at radius 2 is 2.11 bits per heavy atom. The molecule has 1 N–H and O–H groups in total. The highest BCUT2D eigenvalue weighted by atomic mass is 16.3. The summed E-state index contributed by atoms with van der Waals surface area (Å²) in [4.78, 5) is 6.58. The zero-order chi connectivity index (χ0) is 13.1. The predicted molar refractivity (Wildman–Crippen MR) is 70.3 cm³/mol. The second-order valence-corrected chi connectivity index (χ2v) is 5.01. The van der Waals surface area contributed by atoms with Gasteiger partial charge in [0.1, 0.15) is 17.6 Å². The van der Waals surface area contributed by atoms with E-state index in [9.17, 15) is 5.11 Å². The van der Waals surface area contributed by atoms with Gasteiger partial charge < -0.3 is 10.0 Å². The van der Waals surface area contributed by atoms with E-state index in [1.807, 2.05) is 26.0 Å². The van der Waals surface area contributed by atoms with Crippen molar-refractivity contribution in [1.29, 1.82) is 5.26 Å². The van der Waals surface area contributed by atoms with Crippen LogP contribution in [-0.4, -0.2) is 29.3 Å². The minimum Gasteiger partial charge on any atom is -0.393 e. The fourth-order valence-electron chi connectivity index (χ4n) is 2.42. The van der Waals surface area contributed by atoms with Crippen LogP contribution in [0, 0.1) is 24.2 Å². The number of hydrogen-bond donors (Lipinski definition) is 1. The van der Waals surface area contributed by atoms with Crippen molar-refractivity contribution in [3.63, 3.8) is 0 Å². The first-order valence-electron chi connectivity index (χ1n) is 6.42. The topological polar surface area (TPSA) is 60.1 Å². The Morgan fingerprint density at radius 1 is 1.44 bits per heavy atom. The van der Waals surface area contributed by atoms with Crippen LogP contribution in [0.25, 0.3) is 0 Å². The third kappa shape index (κ3) is 2.62. The molecule has 0 spiro atoms. The van der Waals surface area contributed by atoms with Gasteiger partial charge in [-0.15, -0.1) is 0 Å². The maximum Gasteiger partial charge on any atom is 0.145 e. The summed E-state index contributed by atoms with van der Waals surface area (Å²) >= 11 is 0. The molecule has 1 aromatic heterocycles. The van der Waals surface area contributed by atoms with Crippen LogP contribution >= 0.6 is 0 Å². The molecule has 1 saturated heterocycles. The SMILES string of the molecule is Cc1ccc(N2CCC(C(C)O)CC2)nc1C#N. The lowest BCUT2D eigenvalue weighted by molar-refractivity contribution is 0.110. The van der Waals surface area contributed by atoms with Crippen molar-refractivity contribution in [2.45, 2.75) is 32.8 Å². The molecule has 1 fully saturated rings. The number of nitriles is 1. The van der Waals surface area contributed by atoms with Crippen molar-refractivity contribution < 1.29 is 5.11 Å². The number of rotatable bonds is 2. The van der Waals surface area contributed by atoms with Crippen LogP contribution in [0.1, 0.15) is 31.0 Å². The number of hydrogen-bond acceptors (Lipinski definition) is 4. The minimum atomic E-state index is -0.229. The van der Waals surface area contributed by atoms with Crippen molar-refractivity contribution in [2.75, 3.05) is 18.0 Å². The average Bonchev–Trinajstić information content (AvgIpc) is 2.39. The smallest absolute Gasteiger partial charge is 0.145 e. The van der Waals surface area contributed by atoms with E-state index in [2.05, 4.69) is 16.0 Å². The first-order valence-corrected chi connectivity index (χ1v) is 6.42. The summed E-state index contributed by atoms with van der Waals surface area (Å²) in [6.45, 7) is 5.56. The van der Waals surface area contributed by atoms with Crippen LogP contribution in [0.2, 0.25) is 0 Å².